The second-order valence-corrected chi connectivity index (χ2v) is 4.82. The van der Waals surface area contributed by atoms with Crippen LogP contribution in [0.25, 0.3) is 0 Å². The first-order chi connectivity index (χ1) is 10.5. The first-order valence-corrected chi connectivity index (χ1v) is 7.00. The fourth-order valence-corrected chi connectivity index (χ4v) is 0.620. The maximum Gasteiger partial charge on any atom is 0.333 e. The van der Waals surface area contributed by atoms with Crippen molar-refractivity contribution in [2.24, 2.45) is 5.92 Å². The van der Waals surface area contributed by atoms with E-state index in [1.54, 1.807) is 20.8 Å². The Morgan fingerprint density at radius 2 is 1.39 bits per heavy atom. The molecule has 0 atom stereocenters. The maximum absolute atomic E-state index is 10.7. The molecule has 6 nitrogen and oxygen atoms in total. The highest BCUT2D eigenvalue weighted by atomic mass is 16.5. The molecule has 0 aliphatic carbocycles. The van der Waals surface area contributed by atoms with Gasteiger partial charge < -0.3 is 14.6 Å². The summed E-state index contributed by atoms with van der Waals surface area (Å²) in [6.45, 7) is 19.7. The molecule has 23 heavy (non-hydrogen) atoms. The third-order valence-electron chi connectivity index (χ3n) is 1.69. The number of ether oxygens (including phenoxy) is 2. The highest BCUT2D eigenvalue weighted by Crippen LogP contribution is 1.97. The maximum atomic E-state index is 10.7. The minimum Gasteiger partial charge on any atom is -0.478 e. The molecule has 0 fully saturated rings. The molecule has 0 aliphatic heterocycles. The van der Waals surface area contributed by atoms with E-state index >= 15 is 0 Å². The smallest absolute Gasteiger partial charge is 0.333 e. The second-order valence-electron chi connectivity index (χ2n) is 4.82. The van der Waals surface area contributed by atoms with Gasteiger partial charge in [-0.05, 0) is 26.7 Å². The van der Waals surface area contributed by atoms with Gasteiger partial charge in [-0.1, -0.05) is 33.6 Å². The Morgan fingerprint density at radius 3 is 1.57 bits per heavy atom. The number of esters is 2. The topological polar surface area (TPSA) is 89.9 Å². The van der Waals surface area contributed by atoms with Crippen molar-refractivity contribution in [2.75, 3.05) is 13.2 Å². The van der Waals surface area contributed by atoms with Crippen molar-refractivity contribution in [1.82, 2.24) is 0 Å². The van der Waals surface area contributed by atoms with Crippen LogP contribution >= 0.6 is 0 Å². The van der Waals surface area contributed by atoms with Gasteiger partial charge in [-0.15, -0.1) is 0 Å². The summed E-state index contributed by atoms with van der Waals surface area (Å²) in [7, 11) is 0. The van der Waals surface area contributed by atoms with Crippen LogP contribution in [0.3, 0.4) is 0 Å². The van der Waals surface area contributed by atoms with Crippen molar-refractivity contribution >= 4 is 17.9 Å². The van der Waals surface area contributed by atoms with Gasteiger partial charge in [0, 0.05) is 17.2 Å². The summed E-state index contributed by atoms with van der Waals surface area (Å²) in [6.07, 6.45) is 0.833. The monoisotopic (exact) mass is 328 g/mol. The van der Waals surface area contributed by atoms with Crippen molar-refractivity contribution in [3.63, 3.8) is 0 Å². The highest BCUT2D eigenvalue weighted by Gasteiger charge is 2.03. The molecule has 0 unspecified atom stereocenters. The number of carbonyl (C=O) groups is 3. The molecule has 0 aliphatic rings. The van der Waals surface area contributed by atoms with Gasteiger partial charge in [0.15, 0.2) is 0 Å². The van der Waals surface area contributed by atoms with Crippen LogP contribution in [-0.2, 0) is 23.9 Å². The van der Waals surface area contributed by atoms with E-state index < -0.39 is 5.97 Å². The van der Waals surface area contributed by atoms with Gasteiger partial charge in [0.25, 0.3) is 0 Å². The molecule has 0 aromatic heterocycles. The Kier molecular flexibility index (Phi) is 17.8. The second kappa shape index (κ2) is 16.0. The Morgan fingerprint density at radius 1 is 1.04 bits per heavy atom. The van der Waals surface area contributed by atoms with Crippen molar-refractivity contribution in [1.29, 1.82) is 0 Å². The van der Waals surface area contributed by atoms with Gasteiger partial charge in [0.1, 0.15) is 0 Å². The zero-order chi connectivity index (χ0) is 19.0. The average molecular weight is 328 g/mol. The van der Waals surface area contributed by atoms with E-state index in [4.69, 9.17) is 9.84 Å². The summed E-state index contributed by atoms with van der Waals surface area (Å²) in [5, 5.41) is 7.60. The standard InChI is InChI=1S/C8H14O2.C6H10O2.C3H4O2/c1-6(2)5-10-8(9)7(3)4;1-4-8-6(7)5(2)3;1-2-3(4)5/h6H,3,5H2,1-2,4H3;2,4H2,1,3H3;2H,1H2,(H,4,5). The molecular weight excluding hydrogens is 300 g/mol. The zero-order valence-corrected chi connectivity index (χ0v) is 14.7. The normalized spacial score (nSPS) is 8.43. The fraction of sp³-hybridized carbons (Fsp3) is 0.471. The molecule has 1 N–H and O–H groups in total. The molecule has 0 bridgehead atoms. The Labute approximate surface area is 138 Å². The fourth-order valence-electron chi connectivity index (χ4n) is 0.620. The molecule has 132 valence electrons. The van der Waals surface area contributed by atoms with Crippen LogP contribution < -0.4 is 0 Å². The SMILES string of the molecule is C=C(C)C(=O)OCC.C=C(C)C(=O)OCC(C)C.C=CC(=O)O. The van der Waals surface area contributed by atoms with Crippen LogP contribution in [0.1, 0.15) is 34.6 Å². The van der Waals surface area contributed by atoms with Crippen LogP contribution in [0.5, 0.6) is 0 Å². The molecule has 0 radical (unpaired) electrons. The lowest BCUT2D eigenvalue weighted by Gasteiger charge is -2.05. The zero-order valence-electron chi connectivity index (χ0n) is 14.7. The molecule has 0 saturated heterocycles. The van der Waals surface area contributed by atoms with E-state index in [1.807, 2.05) is 13.8 Å². The predicted molar refractivity (Wildman–Crippen MR) is 89.9 cm³/mol. The lowest BCUT2D eigenvalue weighted by Crippen LogP contribution is -2.09. The van der Waals surface area contributed by atoms with E-state index in [2.05, 4.69) is 24.5 Å². The molecule has 6 heteroatoms. The number of carboxylic acids is 1. The van der Waals surface area contributed by atoms with Crippen molar-refractivity contribution in [3.05, 3.63) is 37.0 Å². The summed E-state index contributed by atoms with van der Waals surface area (Å²) in [4.78, 5) is 30.4. The van der Waals surface area contributed by atoms with Crippen molar-refractivity contribution in [3.8, 4) is 0 Å². The van der Waals surface area contributed by atoms with Gasteiger partial charge in [-0.3, -0.25) is 0 Å². The van der Waals surface area contributed by atoms with Gasteiger partial charge >= 0.3 is 17.9 Å². The summed E-state index contributed by atoms with van der Waals surface area (Å²) in [5.74, 6) is -1.20. The third kappa shape index (κ3) is 25.0. The Balaban J connectivity index is -0.000000276. The summed E-state index contributed by atoms with van der Waals surface area (Å²) in [6, 6.07) is 0. The molecule has 0 amide bonds. The highest BCUT2D eigenvalue weighted by molar-refractivity contribution is 5.87. The molecule has 0 rings (SSSR count). The number of carbonyl (C=O) groups excluding carboxylic acids is 2. The molecule has 0 aromatic carbocycles. The molecule has 0 aromatic rings. The summed E-state index contributed by atoms with van der Waals surface area (Å²) < 4.78 is 9.39. The Hall–Kier alpha value is -2.37. The quantitative estimate of drug-likeness (QED) is 0.595. The lowest BCUT2D eigenvalue weighted by atomic mass is 10.2. The summed E-state index contributed by atoms with van der Waals surface area (Å²) >= 11 is 0. The molecule has 0 spiro atoms. The van der Waals surface area contributed by atoms with Gasteiger partial charge in [0.05, 0.1) is 13.2 Å². The Bertz CT molecular complexity index is 421. The van der Waals surface area contributed by atoms with E-state index in [9.17, 15) is 14.4 Å². The minimum absolute atomic E-state index is 0.297. The van der Waals surface area contributed by atoms with Crippen LogP contribution in [0, 0.1) is 5.92 Å². The van der Waals surface area contributed by atoms with Crippen LogP contribution in [-0.4, -0.2) is 36.2 Å². The van der Waals surface area contributed by atoms with Crippen molar-refractivity contribution < 1.29 is 29.0 Å². The van der Waals surface area contributed by atoms with E-state index in [1.165, 1.54) is 0 Å². The first kappa shape index (κ1) is 25.6. The van der Waals surface area contributed by atoms with Gasteiger partial charge in [-0.2, -0.15) is 0 Å². The predicted octanol–water partition coefficient (Wildman–Crippen LogP) is 3.14. The number of aliphatic carboxylic acids is 1. The van der Waals surface area contributed by atoms with Gasteiger partial charge in [-0.25, -0.2) is 14.4 Å². The van der Waals surface area contributed by atoms with Crippen LogP contribution in [0.15, 0.2) is 37.0 Å². The number of rotatable bonds is 6. The minimum atomic E-state index is -0.981. The average Bonchev–Trinajstić information content (AvgIpc) is 2.45. The van der Waals surface area contributed by atoms with Crippen molar-refractivity contribution in [2.45, 2.75) is 34.6 Å². The third-order valence-corrected chi connectivity index (χ3v) is 1.69. The van der Waals surface area contributed by atoms with Crippen LogP contribution in [0.2, 0.25) is 0 Å². The van der Waals surface area contributed by atoms with E-state index in [0.29, 0.717) is 30.3 Å². The summed E-state index contributed by atoms with van der Waals surface area (Å²) in [5.41, 5.74) is 0.910. The number of hydrogen-bond acceptors (Lipinski definition) is 5. The number of carboxylic acid groups (broad SMARTS) is 1. The van der Waals surface area contributed by atoms with Gasteiger partial charge in [0.2, 0.25) is 0 Å². The van der Waals surface area contributed by atoms with E-state index in [-0.39, 0.29) is 11.9 Å². The van der Waals surface area contributed by atoms with E-state index in [0.717, 1.165) is 6.08 Å². The first-order valence-electron chi connectivity index (χ1n) is 7.00. The molecular formula is C17H28O6. The molecule has 0 heterocycles. The van der Waals surface area contributed by atoms with Crippen LogP contribution in [0.4, 0.5) is 0 Å². The number of hydrogen-bond donors (Lipinski definition) is 1. The largest absolute Gasteiger partial charge is 0.478 e. The lowest BCUT2D eigenvalue weighted by molar-refractivity contribution is -0.140. The molecule has 0 saturated carbocycles.